The summed E-state index contributed by atoms with van der Waals surface area (Å²) >= 11 is 0. The standard InChI is InChI=1S/C21H25NO5/c1-14-11-19(15(2)22(14)12-18-5-4-10-26-18)20(23)13-27-21(24)16-6-8-17(25-3)9-7-16/h6-9,11,18H,4-5,10,12-13H2,1-3H3. The summed E-state index contributed by atoms with van der Waals surface area (Å²) in [4.78, 5) is 24.7. The van der Waals surface area contributed by atoms with Gasteiger partial charge in [0.1, 0.15) is 5.75 Å². The summed E-state index contributed by atoms with van der Waals surface area (Å²) in [5.74, 6) is -0.0796. The van der Waals surface area contributed by atoms with Gasteiger partial charge in [-0.1, -0.05) is 0 Å². The van der Waals surface area contributed by atoms with Crippen molar-refractivity contribution in [3.63, 3.8) is 0 Å². The second-order valence-electron chi connectivity index (χ2n) is 6.76. The van der Waals surface area contributed by atoms with Crippen molar-refractivity contribution in [2.75, 3.05) is 20.3 Å². The molecule has 0 bridgehead atoms. The van der Waals surface area contributed by atoms with Crippen LogP contribution < -0.4 is 4.74 Å². The van der Waals surface area contributed by atoms with Crippen molar-refractivity contribution in [1.82, 2.24) is 4.57 Å². The Labute approximate surface area is 159 Å². The van der Waals surface area contributed by atoms with Crippen LogP contribution in [-0.2, 0) is 16.0 Å². The number of ether oxygens (including phenoxy) is 3. The third kappa shape index (κ3) is 4.39. The Morgan fingerprint density at radius 1 is 1.22 bits per heavy atom. The molecular weight excluding hydrogens is 346 g/mol. The molecule has 1 unspecified atom stereocenters. The first-order valence-corrected chi connectivity index (χ1v) is 9.12. The molecule has 2 aromatic rings. The van der Waals surface area contributed by atoms with Crippen molar-refractivity contribution < 1.29 is 23.8 Å². The number of nitrogens with zero attached hydrogens (tertiary/aromatic N) is 1. The number of carbonyl (C=O) groups excluding carboxylic acids is 2. The first kappa shape index (κ1) is 19.2. The lowest BCUT2D eigenvalue weighted by Gasteiger charge is -2.14. The van der Waals surface area contributed by atoms with Gasteiger partial charge in [0.2, 0.25) is 5.78 Å². The van der Waals surface area contributed by atoms with Gasteiger partial charge < -0.3 is 18.8 Å². The number of ketones is 1. The normalized spacial score (nSPS) is 16.3. The highest BCUT2D eigenvalue weighted by Crippen LogP contribution is 2.21. The van der Waals surface area contributed by atoms with Crippen molar-refractivity contribution >= 4 is 11.8 Å². The highest BCUT2D eigenvalue weighted by atomic mass is 16.5. The van der Waals surface area contributed by atoms with Crippen LogP contribution in [0.3, 0.4) is 0 Å². The molecule has 0 amide bonds. The van der Waals surface area contributed by atoms with Gasteiger partial charge in [0.25, 0.3) is 0 Å². The molecule has 1 aromatic heterocycles. The number of aryl methyl sites for hydroxylation is 1. The van der Waals surface area contributed by atoms with Crippen molar-refractivity contribution in [2.45, 2.75) is 39.3 Å². The Bertz CT molecular complexity index is 816. The van der Waals surface area contributed by atoms with E-state index in [4.69, 9.17) is 14.2 Å². The Morgan fingerprint density at radius 3 is 2.59 bits per heavy atom. The average Bonchev–Trinajstić information content (AvgIpc) is 3.29. The molecule has 6 nitrogen and oxygen atoms in total. The van der Waals surface area contributed by atoms with E-state index in [9.17, 15) is 9.59 Å². The number of esters is 1. The van der Waals surface area contributed by atoms with Crippen molar-refractivity contribution in [3.05, 3.63) is 52.8 Å². The molecule has 1 aliphatic heterocycles. The third-order valence-electron chi connectivity index (χ3n) is 4.94. The molecule has 1 saturated heterocycles. The fraction of sp³-hybridized carbons (Fsp3) is 0.429. The second kappa shape index (κ2) is 8.39. The van der Waals surface area contributed by atoms with Crippen LogP contribution >= 0.6 is 0 Å². The lowest BCUT2D eigenvalue weighted by molar-refractivity contribution is 0.0474. The monoisotopic (exact) mass is 371 g/mol. The summed E-state index contributed by atoms with van der Waals surface area (Å²) < 4.78 is 18.1. The van der Waals surface area contributed by atoms with Gasteiger partial charge in [-0.05, 0) is 57.0 Å². The third-order valence-corrected chi connectivity index (χ3v) is 4.94. The van der Waals surface area contributed by atoms with Crippen LogP contribution in [0.5, 0.6) is 5.75 Å². The number of aromatic nitrogens is 1. The molecule has 0 aliphatic carbocycles. The molecule has 2 heterocycles. The first-order valence-electron chi connectivity index (χ1n) is 9.12. The lowest BCUT2D eigenvalue weighted by atomic mass is 10.1. The van der Waals surface area contributed by atoms with E-state index in [1.54, 1.807) is 31.4 Å². The van der Waals surface area contributed by atoms with E-state index in [2.05, 4.69) is 4.57 Å². The minimum atomic E-state index is -0.529. The summed E-state index contributed by atoms with van der Waals surface area (Å²) in [6.07, 6.45) is 2.32. The van der Waals surface area contributed by atoms with E-state index in [-0.39, 0.29) is 18.5 Å². The van der Waals surface area contributed by atoms with Crippen molar-refractivity contribution in [3.8, 4) is 5.75 Å². The molecule has 1 atom stereocenters. The van der Waals surface area contributed by atoms with E-state index in [1.807, 2.05) is 19.9 Å². The zero-order chi connectivity index (χ0) is 19.4. The van der Waals surface area contributed by atoms with Gasteiger partial charge in [0, 0.05) is 30.1 Å². The molecule has 0 saturated carbocycles. The zero-order valence-electron chi connectivity index (χ0n) is 16.0. The Hall–Kier alpha value is -2.60. The molecular formula is C21H25NO5. The molecule has 0 radical (unpaired) electrons. The quantitative estimate of drug-likeness (QED) is 0.552. The zero-order valence-corrected chi connectivity index (χ0v) is 16.0. The first-order chi connectivity index (χ1) is 13.0. The predicted octanol–water partition coefficient (Wildman–Crippen LogP) is 3.33. The number of methoxy groups -OCH3 is 1. The summed E-state index contributed by atoms with van der Waals surface area (Å²) in [5.41, 5.74) is 2.86. The van der Waals surface area contributed by atoms with Gasteiger partial charge in [-0.15, -0.1) is 0 Å². The Morgan fingerprint density at radius 2 is 1.96 bits per heavy atom. The molecule has 1 aliphatic rings. The molecule has 3 rings (SSSR count). The van der Waals surface area contributed by atoms with Gasteiger partial charge in [-0.2, -0.15) is 0 Å². The van der Waals surface area contributed by atoms with Crippen LogP contribution in [0.4, 0.5) is 0 Å². The molecule has 144 valence electrons. The summed E-state index contributed by atoms with van der Waals surface area (Å²) in [6, 6.07) is 8.43. The van der Waals surface area contributed by atoms with E-state index < -0.39 is 5.97 Å². The number of hydrogen-bond donors (Lipinski definition) is 0. The largest absolute Gasteiger partial charge is 0.497 e. The fourth-order valence-electron chi connectivity index (χ4n) is 3.38. The maximum atomic E-state index is 12.6. The van der Waals surface area contributed by atoms with Crippen LogP contribution in [0.2, 0.25) is 0 Å². The minimum Gasteiger partial charge on any atom is -0.497 e. The van der Waals surface area contributed by atoms with Gasteiger partial charge in [-0.3, -0.25) is 4.79 Å². The van der Waals surface area contributed by atoms with E-state index in [0.29, 0.717) is 16.9 Å². The molecule has 6 heteroatoms. The average molecular weight is 371 g/mol. The van der Waals surface area contributed by atoms with E-state index in [1.165, 1.54) is 0 Å². The minimum absolute atomic E-state index is 0.200. The lowest BCUT2D eigenvalue weighted by Crippen LogP contribution is -2.18. The molecule has 1 fully saturated rings. The van der Waals surface area contributed by atoms with Gasteiger partial charge in [0.15, 0.2) is 6.61 Å². The molecule has 27 heavy (non-hydrogen) atoms. The number of hydrogen-bond acceptors (Lipinski definition) is 5. The smallest absolute Gasteiger partial charge is 0.338 e. The van der Waals surface area contributed by atoms with Crippen LogP contribution in [0.1, 0.15) is 44.9 Å². The van der Waals surface area contributed by atoms with E-state index >= 15 is 0 Å². The maximum absolute atomic E-state index is 12.6. The van der Waals surface area contributed by atoms with Crippen molar-refractivity contribution in [2.24, 2.45) is 0 Å². The van der Waals surface area contributed by atoms with Crippen molar-refractivity contribution in [1.29, 1.82) is 0 Å². The van der Waals surface area contributed by atoms with Crippen LogP contribution in [0, 0.1) is 13.8 Å². The van der Waals surface area contributed by atoms with Gasteiger partial charge in [0.05, 0.1) is 18.8 Å². The number of carbonyl (C=O) groups is 2. The number of benzene rings is 1. The number of Topliss-reactive ketones (excluding diaryl/α,β-unsaturated/α-hetero) is 1. The summed E-state index contributed by atoms with van der Waals surface area (Å²) in [5, 5.41) is 0. The molecule has 1 aromatic carbocycles. The second-order valence-corrected chi connectivity index (χ2v) is 6.76. The predicted molar refractivity (Wildman–Crippen MR) is 100 cm³/mol. The van der Waals surface area contributed by atoms with Crippen LogP contribution in [0.15, 0.2) is 30.3 Å². The molecule has 0 N–H and O–H groups in total. The summed E-state index contributed by atoms with van der Waals surface area (Å²) in [6.45, 7) is 5.16. The molecule has 0 spiro atoms. The fourth-order valence-corrected chi connectivity index (χ4v) is 3.38. The van der Waals surface area contributed by atoms with Gasteiger partial charge in [-0.25, -0.2) is 4.79 Å². The highest BCUT2D eigenvalue weighted by molar-refractivity contribution is 6.00. The van der Waals surface area contributed by atoms with E-state index in [0.717, 1.165) is 37.4 Å². The Balaban J connectivity index is 1.62. The highest BCUT2D eigenvalue weighted by Gasteiger charge is 2.21. The Kier molecular flexibility index (Phi) is 5.96. The maximum Gasteiger partial charge on any atom is 0.338 e. The topological polar surface area (TPSA) is 66.8 Å². The number of rotatable bonds is 7. The SMILES string of the molecule is COc1ccc(C(=O)OCC(=O)c2cc(C)n(CC3CCCO3)c2C)cc1. The van der Waals surface area contributed by atoms with Gasteiger partial charge >= 0.3 is 5.97 Å². The summed E-state index contributed by atoms with van der Waals surface area (Å²) in [7, 11) is 1.56. The van der Waals surface area contributed by atoms with Crippen LogP contribution in [0.25, 0.3) is 0 Å². The van der Waals surface area contributed by atoms with Crippen LogP contribution in [-0.4, -0.2) is 42.7 Å².